The molecule has 0 fully saturated rings. The highest BCUT2D eigenvalue weighted by Gasteiger charge is 1.73. The maximum Gasteiger partial charge on any atom is 0.00552 e. The molecule has 0 unspecified atom stereocenters. The molecule has 0 aliphatic carbocycles. The van der Waals surface area contributed by atoms with Crippen LogP contribution in [-0.2, 0) is 0 Å². The standard InChI is InChI=1S/C4H11NS/c1-5-3-4-6-2/h5H,3-4H2,1-2H3. The largest absolute Gasteiger partial charge is 0.319 e. The summed E-state index contributed by atoms with van der Waals surface area (Å²) in [4.78, 5) is 0. The molecule has 0 radical (unpaired) electrons. The molecule has 0 bridgehead atoms. The van der Waals surface area contributed by atoms with Crippen LogP contribution in [0.25, 0.3) is 0 Å². The second-order valence-corrected chi connectivity index (χ2v) is 2.08. The second kappa shape index (κ2) is 5.31. The molecule has 0 amide bonds. The SMILES string of the molecule is CNCCSC. The molecule has 0 aliphatic rings. The summed E-state index contributed by atoms with van der Waals surface area (Å²) in [6.07, 6.45) is 2.11. The zero-order chi connectivity index (χ0) is 4.83. The van der Waals surface area contributed by atoms with Crippen LogP contribution in [0.4, 0.5) is 0 Å². The lowest BCUT2D eigenvalue weighted by atomic mass is 10.8. The quantitative estimate of drug-likeness (QED) is 0.527. The second-order valence-electron chi connectivity index (χ2n) is 1.10. The van der Waals surface area contributed by atoms with Gasteiger partial charge in [-0.2, -0.15) is 11.8 Å². The highest BCUT2D eigenvalue weighted by Crippen LogP contribution is 1.85. The van der Waals surface area contributed by atoms with Crippen LogP contribution in [0.5, 0.6) is 0 Å². The molecule has 0 heterocycles. The molecular weight excluding hydrogens is 94.1 g/mol. The molecule has 0 aromatic heterocycles. The summed E-state index contributed by atoms with van der Waals surface area (Å²) in [7, 11) is 1.97. The molecule has 0 saturated carbocycles. The molecule has 0 aromatic carbocycles. The summed E-state index contributed by atoms with van der Waals surface area (Å²) in [6.45, 7) is 1.13. The molecule has 1 nitrogen and oxygen atoms in total. The first-order valence-electron chi connectivity index (χ1n) is 2.05. The van der Waals surface area contributed by atoms with Crippen LogP contribution in [0.3, 0.4) is 0 Å². The van der Waals surface area contributed by atoms with E-state index in [2.05, 4.69) is 11.6 Å². The van der Waals surface area contributed by atoms with Gasteiger partial charge in [-0.05, 0) is 13.3 Å². The Bertz CT molecular complexity index is 19.5. The lowest BCUT2D eigenvalue weighted by Crippen LogP contribution is -2.09. The molecule has 0 saturated heterocycles. The first-order valence-corrected chi connectivity index (χ1v) is 3.44. The lowest BCUT2D eigenvalue weighted by molar-refractivity contribution is 0.873. The van der Waals surface area contributed by atoms with E-state index in [0.717, 1.165) is 6.54 Å². The summed E-state index contributed by atoms with van der Waals surface area (Å²) in [6, 6.07) is 0. The van der Waals surface area contributed by atoms with E-state index in [-0.39, 0.29) is 0 Å². The van der Waals surface area contributed by atoms with Gasteiger partial charge in [0.05, 0.1) is 0 Å². The maximum atomic E-state index is 3.05. The van der Waals surface area contributed by atoms with Crippen molar-refractivity contribution < 1.29 is 0 Å². The van der Waals surface area contributed by atoms with Crippen LogP contribution in [0.15, 0.2) is 0 Å². The summed E-state index contributed by atoms with van der Waals surface area (Å²) in [5.74, 6) is 1.22. The van der Waals surface area contributed by atoms with Crippen molar-refractivity contribution in [3.8, 4) is 0 Å². The van der Waals surface area contributed by atoms with Gasteiger partial charge in [0.2, 0.25) is 0 Å². The van der Waals surface area contributed by atoms with E-state index in [1.807, 2.05) is 18.8 Å². The fourth-order valence-electron chi connectivity index (χ4n) is 0.204. The smallest absolute Gasteiger partial charge is 0.00552 e. The fraction of sp³-hybridized carbons (Fsp3) is 1.00. The van der Waals surface area contributed by atoms with E-state index >= 15 is 0 Å². The Morgan fingerprint density at radius 2 is 2.33 bits per heavy atom. The minimum atomic E-state index is 1.13. The van der Waals surface area contributed by atoms with Crippen LogP contribution in [0, 0.1) is 0 Å². The van der Waals surface area contributed by atoms with Gasteiger partial charge in [0.15, 0.2) is 0 Å². The summed E-state index contributed by atoms with van der Waals surface area (Å²) in [5.41, 5.74) is 0. The van der Waals surface area contributed by atoms with E-state index < -0.39 is 0 Å². The lowest BCUT2D eigenvalue weighted by Gasteiger charge is -1.89. The third kappa shape index (κ3) is 4.31. The van der Waals surface area contributed by atoms with Gasteiger partial charge in [0, 0.05) is 12.3 Å². The van der Waals surface area contributed by atoms with Crippen LogP contribution < -0.4 is 5.32 Å². The number of nitrogens with one attached hydrogen (secondary N) is 1. The molecular formula is C4H11NS. The van der Waals surface area contributed by atoms with Crippen molar-refractivity contribution in [3.05, 3.63) is 0 Å². The fourth-order valence-corrected chi connectivity index (χ4v) is 0.612. The Kier molecular flexibility index (Phi) is 5.58. The Labute approximate surface area is 43.5 Å². The van der Waals surface area contributed by atoms with Crippen molar-refractivity contribution in [3.63, 3.8) is 0 Å². The van der Waals surface area contributed by atoms with E-state index in [4.69, 9.17) is 0 Å². The van der Waals surface area contributed by atoms with Gasteiger partial charge in [0.1, 0.15) is 0 Å². The van der Waals surface area contributed by atoms with Gasteiger partial charge in [-0.3, -0.25) is 0 Å². The van der Waals surface area contributed by atoms with Gasteiger partial charge in [-0.15, -0.1) is 0 Å². The normalized spacial score (nSPS) is 9.00. The third-order valence-corrected chi connectivity index (χ3v) is 1.17. The minimum absolute atomic E-state index is 1.13. The van der Waals surface area contributed by atoms with Crippen molar-refractivity contribution in [2.75, 3.05) is 25.6 Å². The van der Waals surface area contributed by atoms with Crippen molar-refractivity contribution >= 4 is 11.8 Å². The van der Waals surface area contributed by atoms with Crippen LogP contribution in [-0.4, -0.2) is 25.6 Å². The predicted octanol–water partition coefficient (Wildman–Crippen LogP) is 0.569. The summed E-state index contributed by atoms with van der Waals surface area (Å²) in [5, 5.41) is 3.05. The molecule has 1 N–H and O–H groups in total. The Morgan fingerprint density at radius 1 is 1.67 bits per heavy atom. The Balaban J connectivity index is 2.34. The Morgan fingerprint density at radius 3 is 2.50 bits per heavy atom. The molecule has 6 heavy (non-hydrogen) atoms. The van der Waals surface area contributed by atoms with E-state index in [0.29, 0.717) is 0 Å². The highest BCUT2D eigenvalue weighted by atomic mass is 32.2. The van der Waals surface area contributed by atoms with Crippen molar-refractivity contribution in [1.29, 1.82) is 0 Å². The number of hydrogen-bond donors (Lipinski definition) is 1. The van der Waals surface area contributed by atoms with E-state index in [1.54, 1.807) is 0 Å². The Hall–Kier alpha value is 0.310. The molecule has 0 atom stereocenters. The first-order chi connectivity index (χ1) is 2.91. The average Bonchev–Trinajstić information content (AvgIpc) is 1.61. The minimum Gasteiger partial charge on any atom is -0.319 e. The average molecular weight is 105 g/mol. The predicted molar refractivity (Wildman–Crippen MR) is 32.3 cm³/mol. The van der Waals surface area contributed by atoms with Gasteiger partial charge >= 0.3 is 0 Å². The topological polar surface area (TPSA) is 12.0 Å². The molecule has 0 spiro atoms. The zero-order valence-electron chi connectivity index (χ0n) is 4.32. The summed E-state index contributed by atoms with van der Waals surface area (Å²) < 4.78 is 0. The number of thioether (sulfide) groups is 1. The molecule has 38 valence electrons. The van der Waals surface area contributed by atoms with Crippen LogP contribution in [0.2, 0.25) is 0 Å². The van der Waals surface area contributed by atoms with Gasteiger partial charge in [-0.25, -0.2) is 0 Å². The summed E-state index contributed by atoms with van der Waals surface area (Å²) >= 11 is 1.86. The molecule has 0 aromatic rings. The van der Waals surface area contributed by atoms with Crippen molar-refractivity contribution in [1.82, 2.24) is 5.32 Å². The van der Waals surface area contributed by atoms with Crippen LogP contribution in [0.1, 0.15) is 0 Å². The molecule has 2 heteroatoms. The van der Waals surface area contributed by atoms with Crippen molar-refractivity contribution in [2.45, 2.75) is 0 Å². The first kappa shape index (κ1) is 6.31. The zero-order valence-corrected chi connectivity index (χ0v) is 5.14. The van der Waals surface area contributed by atoms with E-state index in [1.165, 1.54) is 5.75 Å². The molecule has 0 rings (SSSR count). The number of hydrogen-bond acceptors (Lipinski definition) is 2. The van der Waals surface area contributed by atoms with Gasteiger partial charge < -0.3 is 5.32 Å². The van der Waals surface area contributed by atoms with Gasteiger partial charge in [0.25, 0.3) is 0 Å². The van der Waals surface area contributed by atoms with E-state index in [9.17, 15) is 0 Å². The highest BCUT2D eigenvalue weighted by molar-refractivity contribution is 7.98. The third-order valence-electron chi connectivity index (χ3n) is 0.556. The van der Waals surface area contributed by atoms with Gasteiger partial charge in [-0.1, -0.05) is 0 Å². The van der Waals surface area contributed by atoms with Crippen LogP contribution >= 0.6 is 11.8 Å². The van der Waals surface area contributed by atoms with Crippen molar-refractivity contribution in [2.24, 2.45) is 0 Å². The molecule has 0 aliphatic heterocycles. The number of rotatable bonds is 3. The monoisotopic (exact) mass is 105 g/mol. The maximum absolute atomic E-state index is 3.05.